The zero-order valence-electron chi connectivity index (χ0n) is 18.1. The fraction of sp³-hybridized carbons (Fsp3) is 0.222. The number of hydrogen-bond donors (Lipinski definition) is 0. The lowest BCUT2D eigenvalue weighted by molar-refractivity contribution is -0.0190. The van der Waals surface area contributed by atoms with Gasteiger partial charge in [-0.3, -0.25) is 0 Å². The van der Waals surface area contributed by atoms with Crippen molar-refractivity contribution in [3.8, 4) is 17.2 Å². The number of fused-ring (bicyclic) bond motifs is 3. The summed E-state index contributed by atoms with van der Waals surface area (Å²) < 4.78 is 17.6. The number of hydrazone groups is 1. The highest BCUT2D eigenvalue weighted by Gasteiger charge is 2.40. The minimum absolute atomic E-state index is 0.128. The van der Waals surface area contributed by atoms with E-state index in [0.29, 0.717) is 13.2 Å². The van der Waals surface area contributed by atoms with Crippen molar-refractivity contribution in [2.75, 3.05) is 13.2 Å². The third-order valence-electron chi connectivity index (χ3n) is 5.73. The topological polar surface area (TPSA) is 43.3 Å². The average molecular weight is 427 g/mol. The molecule has 2 heterocycles. The molecule has 2 aliphatic heterocycles. The van der Waals surface area contributed by atoms with Crippen molar-refractivity contribution in [1.82, 2.24) is 5.01 Å². The van der Waals surface area contributed by atoms with E-state index in [1.807, 2.05) is 43.3 Å². The predicted octanol–water partition coefficient (Wildman–Crippen LogP) is 5.89. The van der Waals surface area contributed by atoms with Crippen LogP contribution in [0, 0.1) is 0 Å². The Hall–Kier alpha value is -3.73. The third kappa shape index (κ3) is 3.82. The lowest BCUT2D eigenvalue weighted by Gasteiger charge is -2.38. The van der Waals surface area contributed by atoms with Crippen LogP contribution in [-0.4, -0.2) is 23.9 Å². The summed E-state index contributed by atoms with van der Waals surface area (Å²) in [5.74, 6) is 2.59. The molecule has 2 aliphatic rings. The quantitative estimate of drug-likeness (QED) is 0.442. The Labute approximate surface area is 188 Å². The van der Waals surface area contributed by atoms with Crippen LogP contribution in [0.3, 0.4) is 0 Å². The largest absolute Gasteiger partial charge is 0.494 e. The molecule has 0 aliphatic carbocycles. The number of benzene rings is 3. The van der Waals surface area contributed by atoms with Crippen molar-refractivity contribution in [3.63, 3.8) is 0 Å². The molecule has 0 saturated carbocycles. The Morgan fingerprint density at radius 2 is 1.72 bits per heavy atom. The van der Waals surface area contributed by atoms with Crippen molar-refractivity contribution in [2.45, 2.75) is 25.6 Å². The van der Waals surface area contributed by atoms with Gasteiger partial charge in [0.05, 0.1) is 18.4 Å². The van der Waals surface area contributed by atoms with Gasteiger partial charge in [-0.2, -0.15) is 5.10 Å². The summed E-state index contributed by atoms with van der Waals surface area (Å²) in [7, 11) is 0. The van der Waals surface area contributed by atoms with E-state index in [4.69, 9.17) is 19.3 Å². The molecule has 0 amide bonds. The zero-order valence-corrected chi connectivity index (χ0v) is 18.1. The van der Waals surface area contributed by atoms with Gasteiger partial charge in [0.2, 0.25) is 6.23 Å². The molecule has 0 fully saturated rings. The van der Waals surface area contributed by atoms with Crippen LogP contribution >= 0.6 is 0 Å². The summed E-state index contributed by atoms with van der Waals surface area (Å²) in [6, 6.07) is 24.5. The molecule has 5 rings (SSSR count). The summed E-state index contributed by atoms with van der Waals surface area (Å²) in [6.45, 7) is 6.82. The van der Waals surface area contributed by atoms with Gasteiger partial charge in [-0.05, 0) is 67.1 Å². The maximum atomic E-state index is 6.43. The molecule has 0 bridgehead atoms. The van der Waals surface area contributed by atoms with Gasteiger partial charge in [0.25, 0.3) is 0 Å². The molecule has 2 atom stereocenters. The highest BCUT2D eigenvalue weighted by atomic mass is 16.5. The van der Waals surface area contributed by atoms with E-state index in [9.17, 15) is 0 Å². The van der Waals surface area contributed by atoms with E-state index < -0.39 is 0 Å². The van der Waals surface area contributed by atoms with Gasteiger partial charge in [0.15, 0.2) is 0 Å². The molecular weight excluding hydrogens is 400 g/mol. The van der Waals surface area contributed by atoms with E-state index in [2.05, 4.69) is 48.0 Å². The highest BCUT2D eigenvalue weighted by molar-refractivity contribution is 6.02. The summed E-state index contributed by atoms with van der Waals surface area (Å²) in [4.78, 5) is 0. The van der Waals surface area contributed by atoms with Gasteiger partial charge in [-0.25, -0.2) is 5.01 Å². The van der Waals surface area contributed by atoms with E-state index >= 15 is 0 Å². The first-order chi connectivity index (χ1) is 15.8. The van der Waals surface area contributed by atoms with Crippen LogP contribution in [0.1, 0.15) is 42.3 Å². The predicted molar refractivity (Wildman–Crippen MR) is 125 cm³/mol. The van der Waals surface area contributed by atoms with E-state index in [1.54, 1.807) is 6.08 Å². The first kappa shape index (κ1) is 20.2. The molecule has 3 aromatic carbocycles. The van der Waals surface area contributed by atoms with Crippen LogP contribution in [0.25, 0.3) is 0 Å². The van der Waals surface area contributed by atoms with Crippen molar-refractivity contribution in [1.29, 1.82) is 0 Å². The SMILES string of the molecule is C=CCOc1ccc(C2=NN3[C@H](C2)c2ccccc2O[C@H]3c2ccc(OCC)cc2)cc1. The van der Waals surface area contributed by atoms with E-state index in [-0.39, 0.29) is 12.3 Å². The molecule has 0 spiro atoms. The molecule has 0 N–H and O–H groups in total. The van der Waals surface area contributed by atoms with Crippen LogP contribution in [-0.2, 0) is 0 Å². The number of para-hydroxylation sites is 1. The molecule has 32 heavy (non-hydrogen) atoms. The maximum Gasteiger partial charge on any atom is 0.213 e. The Kier molecular flexibility index (Phi) is 5.55. The highest BCUT2D eigenvalue weighted by Crippen LogP contribution is 2.47. The van der Waals surface area contributed by atoms with E-state index in [1.165, 1.54) is 5.56 Å². The van der Waals surface area contributed by atoms with Gasteiger partial charge in [-0.1, -0.05) is 30.9 Å². The Bertz CT molecular complexity index is 1120. The zero-order chi connectivity index (χ0) is 21.9. The number of hydrogen-bond acceptors (Lipinski definition) is 5. The number of nitrogens with zero attached hydrogens (tertiary/aromatic N) is 2. The van der Waals surface area contributed by atoms with Crippen LogP contribution in [0.2, 0.25) is 0 Å². The molecular formula is C27H26N2O3. The standard InChI is InChI=1S/C27H26N2O3/c1-3-17-31-22-13-9-19(10-14-22)24-18-25-23-7-5-6-8-26(23)32-27(29(25)28-24)20-11-15-21(16-12-20)30-4-2/h3,5-16,25,27H,1,4,17-18H2,2H3/t25-,27+/m1/s1. The minimum atomic E-state index is -0.293. The van der Waals surface area contributed by atoms with Gasteiger partial charge in [-0.15, -0.1) is 0 Å². The first-order valence-electron chi connectivity index (χ1n) is 10.9. The second-order valence-electron chi connectivity index (χ2n) is 7.78. The van der Waals surface area contributed by atoms with Crippen molar-refractivity contribution in [3.05, 3.63) is 102 Å². The van der Waals surface area contributed by atoms with Crippen LogP contribution < -0.4 is 14.2 Å². The fourth-order valence-corrected chi connectivity index (χ4v) is 4.22. The lowest BCUT2D eigenvalue weighted by Crippen LogP contribution is -2.33. The average Bonchev–Trinajstić information content (AvgIpc) is 3.29. The van der Waals surface area contributed by atoms with E-state index in [0.717, 1.165) is 40.5 Å². The smallest absolute Gasteiger partial charge is 0.213 e. The molecule has 3 aromatic rings. The van der Waals surface area contributed by atoms with Gasteiger partial charge >= 0.3 is 0 Å². The van der Waals surface area contributed by atoms with Crippen molar-refractivity contribution < 1.29 is 14.2 Å². The Morgan fingerprint density at radius 1 is 1.00 bits per heavy atom. The summed E-state index contributed by atoms with van der Waals surface area (Å²) >= 11 is 0. The Morgan fingerprint density at radius 3 is 2.47 bits per heavy atom. The minimum Gasteiger partial charge on any atom is -0.494 e. The molecule has 162 valence electrons. The van der Waals surface area contributed by atoms with Crippen LogP contribution in [0.5, 0.6) is 17.2 Å². The summed E-state index contributed by atoms with van der Waals surface area (Å²) in [5.41, 5.74) is 4.35. The van der Waals surface area contributed by atoms with Gasteiger partial charge in [0.1, 0.15) is 23.9 Å². The fourth-order valence-electron chi connectivity index (χ4n) is 4.22. The Balaban J connectivity index is 1.47. The molecule has 0 aromatic heterocycles. The van der Waals surface area contributed by atoms with Crippen LogP contribution in [0.4, 0.5) is 0 Å². The molecule has 0 radical (unpaired) electrons. The molecule has 0 saturated heterocycles. The molecule has 5 heteroatoms. The summed E-state index contributed by atoms with van der Waals surface area (Å²) in [5, 5.41) is 7.12. The second kappa shape index (κ2) is 8.79. The number of ether oxygens (including phenoxy) is 3. The van der Waals surface area contributed by atoms with Gasteiger partial charge < -0.3 is 14.2 Å². The maximum absolute atomic E-state index is 6.43. The van der Waals surface area contributed by atoms with Crippen molar-refractivity contribution in [2.24, 2.45) is 5.10 Å². The lowest BCUT2D eigenvalue weighted by atomic mass is 9.96. The summed E-state index contributed by atoms with van der Waals surface area (Å²) in [6.07, 6.45) is 2.27. The normalized spacial score (nSPS) is 18.8. The monoisotopic (exact) mass is 426 g/mol. The van der Waals surface area contributed by atoms with Gasteiger partial charge in [0, 0.05) is 17.5 Å². The van der Waals surface area contributed by atoms with Crippen LogP contribution in [0.15, 0.2) is 90.6 Å². The molecule has 5 nitrogen and oxygen atoms in total. The first-order valence-corrected chi connectivity index (χ1v) is 10.9. The third-order valence-corrected chi connectivity index (χ3v) is 5.73. The van der Waals surface area contributed by atoms with Crippen molar-refractivity contribution >= 4 is 5.71 Å². The number of rotatable bonds is 7. The molecule has 0 unspecified atom stereocenters. The second-order valence-corrected chi connectivity index (χ2v) is 7.78.